The lowest BCUT2D eigenvalue weighted by atomic mass is 9.92. The molecule has 0 radical (unpaired) electrons. The monoisotopic (exact) mass is 327 g/mol. The number of aryl methyl sites for hydroxylation is 1. The van der Waals surface area contributed by atoms with Crippen molar-refractivity contribution >= 4 is 17.5 Å². The molecule has 7 heteroatoms. The predicted molar refractivity (Wildman–Crippen MR) is 90.1 cm³/mol. The summed E-state index contributed by atoms with van der Waals surface area (Å²) in [5.41, 5.74) is 6.45. The fraction of sp³-hybridized carbons (Fsp3) is 0.353. The Morgan fingerprint density at radius 1 is 1.38 bits per heavy atom. The van der Waals surface area contributed by atoms with Crippen LogP contribution >= 0.6 is 0 Å². The molecule has 2 amide bonds. The third kappa shape index (κ3) is 2.90. The Labute approximate surface area is 140 Å². The highest BCUT2D eigenvalue weighted by Crippen LogP contribution is 2.22. The van der Waals surface area contributed by atoms with Crippen molar-refractivity contribution < 1.29 is 9.59 Å². The van der Waals surface area contributed by atoms with Crippen molar-refractivity contribution in [2.24, 2.45) is 12.8 Å². The molecule has 0 bridgehead atoms. The molecule has 126 valence electrons. The van der Waals surface area contributed by atoms with Gasteiger partial charge in [0.15, 0.2) is 0 Å². The molecule has 1 fully saturated rings. The third-order valence-corrected chi connectivity index (χ3v) is 4.36. The second kappa shape index (κ2) is 6.09. The third-order valence-electron chi connectivity index (χ3n) is 4.36. The van der Waals surface area contributed by atoms with E-state index in [1.54, 1.807) is 48.1 Å². The van der Waals surface area contributed by atoms with Crippen LogP contribution in [0.15, 0.2) is 42.7 Å². The van der Waals surface area contributed by atoms with Gasteiger partial charge in [0, 0.05) is 19.8 Å². The van der Waals surface area contributed by atoms with Crippen LogP contribution in [0.4, 0.5) is 5.69 Å². The molecule has 2 aromatic rings. The summed E-state index contributed by atoms with van der Waals surface area (Å²) in [4.78, 5) is 26.8. The lowest BCUT2D eigenvalue weighted by Gasteiger charge is -2.25. The molecule has 7 nitrogen and oxygen atoms in total. The van der Waals surface area contributed by atoms with E-state index in [0.717, 1.165) is 5.69 Å². The van der Waals surface area contributed by atoms with Crippen LogP contribution < -0.4 is 16.0 Å². The molecule has 2 heterocycles. The number of aromatic nitrogens is 2. The van der Waals surface area contributed by atoms with Crippen molar-refractivity contribution in [1.29, 1.82) is 0 Å². The molecule has 0 saturated carbocycles. The highest BCUT2D eigenvalue weighted by Gasteiger charge is 2.38. The second-order valence-corrected chi connectivity index (χ2v) is 6.25. The average Bonchev–Trinajstić information content (AvgIpc) is 3.15. The Bertz CT molecular complexity index is 753. The SMILES string of the molecule is Cn1cc(N2CCC(NC(=O)C(C)(N)c3ccccc3)C2=O)cn1. The van der Waals surface area contributed by atoms with Crippen molar-refractivity contribution in [3.63, 3.8) is 0 Å². The van der Waals surface area contributed by atoms with Crippen LogP contribution in [-0.4, -0.2) is 34.2 Å². The van der Waals surface area contributed by atoms with Gasteiger partial charge >= 0.3 is 0 Å². The van der Waals surface area contributed by atoms with Gasteiger partial charge in [-0.05, 0) is 18.9 Å². The molecule has 1 saturated heterocycles. The van der Waals surface area contributed by atoms with Crippen LogP contribution in [-0.2, 0) is 22.2 Å². The van der Waals surface area contributed by atoms with Gasteiger partial charge in [0.1, 0.15) is 11.6 Å². The van der Waals surface area contributed by atoms with Gasteiger partial charge in [-0.25, -0.2) is 0 Å². The minimum Gasteiger partial charge on any atom is -0.342 e. The van der Waals surface area contributed by atoms with Crippen molar-refractivity contribution in [2.45, 2.75) is 24.9 Å². The quantitative estimate of drug-likeness (QED) is 0.856. The molecule has 2 unspecified atom stereocenters. The van der Waals surface area contributed by atoms with Crippen molar-refractivity contribution in [2.75, 3.05) is 11.4 Å². The molecule has 1 aliphatic heterocycles. The van der Waals surface area contributed by atoms with Crippen molar-refractivity contribution in [1.82, 2.24) is 15.1 Å². The van der Waals surface area contributed by atoms with Gasteiger partial charge in [0.2, 0.25) is 11.8 Å². The summed E-state index contributed by atoms with van der Waals surface area (Å²) in [7, 11) is 1.79. The maximum Gasteiger partial charge on any atom is 0.249 e. The zero-order valence-electron chi connectivity index (χ0n) is 13.8. The second-order valence-electron chi connectivity index (χ2n) is 6.25. The molecular formula is C17H21N5O2. The molecule has 1 aromatic carbocycles. The van der Waals surface area contributed by atoms with Crippen LogP contribution in [0.1, 0.15) is 18.9 Å². The summed E-state index contributed by atoms with van der Waals surface area (Å²) in [5.74, 6) is -0.500. The smallest absolute Gasteiger partial charge is 0.249 e. The molecule has 0 aliphatic carbocycles. The Morgan fingerprint density at radius 3 is 2.71 bits per heavy atom. The standard InChI is InChI=1S/C17H21N5O2/c1-17(18,12-6-4-3-5-7-12)16(24)20-14-8-9-22(15(14)23)13-10-19-21(2)11-13/h3-7,10-11,14H,8-9,18H2,1-2H3,(H,20,24). The summed E-state index contributed by atoms with van der Waals surface area (Å²) in [6.45, 7) is 2.19. The van der Waals surface area contributed by atoms with E-state index in [9.17, 15) is 9.59 Å². The van der Waals surface area contributed by atoms with E-state index in [1.165, 1.54) is 0 Å². The number of carbonyl (C=O) groups is 2. The molecule has 3 rings (SSSR count). The minimum absolute atomic E-state index is 0.139. The van der Waals surface area contributed by atoms with Crippen molar-refractivity contribution in [3.05, 3.63) is 48.3 Å². The summed E-state index contributed by atoms with van der Waals surface area (Å²) in [6.07, 6.45) is 3.96. The molecule has 1 aliphatic rings. The number of amides is 2. The highest BCUT2D eigenvalue weighted by atomic mass is 16.2. The van der Waals surface area contributed by atoms with E-state index in [2.05, 4.69) is 10.4 Å². The molecule has 3 N–H and O–H groups in total. The largest absolute Gasteiger partial charge is 0.342 e. The maximum atomic E-state index is 12.6. The molecule has 1 aromatic heterocycles. The van der Waals surface area contributed by atoms with Gasteiger partial charge in [0.05, 0.1) is 11.9 Å². The Morgan fingerprint density at radius 2 is 2.08 bits per heavy atom. The first kappa shape index (κ1) is 16.2. The summed E-state index contributed by atoms with van der Waals surface area (Å²) < 4.78 is 1.64. The van der Waals surface area contributed by atoms with E-state index in [4.69, 9.17) is 5.73 Å². The number of rotatable bonds is 4. The first-order chi connectivity index (χ1) is 11.4. The zero-order chi connectivity index (χ0) is 17.3. The number of nitrogens with one attached hydrogen (secondary N) is 1. The Hall–Kier alpha value is -2.67. The highest BCUT2D eigenvalue weighted by molar-refractivity contribution is 6.02. The van der Waals surface area contributed by atoms with Crippen LogP contribution in [0, 0.1) is 0 Å². The predicted octanol–water partition coefficient (Wildman–Crippen LogP) is 0.516. The number of carbonyl (C=O) groups excluding carboxylic acids is 2. The van der Waals surface area contributed by atoms with Gasteiger partial charge in [-0.15, -0.1) is 0 Å². The summed E-state index contributed by atoms with van der Waals surface area (Å²) >= 11 is 0. The van der Waals surface area contributed by atoms with Crippen LogP contribution in [0.5, 0.6) is 0 Å². The fourth-order valence-corrected chi connectivity index (χ4v) is 2.84. The van der Waals surface area contributed by atoms with E-state index < -0.39 is 11.6 Å². The van der Waals surface area contributed by atoms with Gasteiger partial charge in [-0.2, -0.15) is 5.10 Å². The van der Waals surface area contributed by atoms with E-state index in [-0.39, 0.29) is 11.8 Å². The maximum absolute atomic E-state index is 12.6. The molecular weight excluding hydrogens is 306 g/mol. The lowest BCUT2D eigenvalue weighted by molar-refractivity contribution is -0.130. The number of anilines is 1. The van der Waals surface area contributed by atoms with Gasteiger partial charge in [-0.3, -0.25) is 14.3 Å². The number of hydrogen-bond donors (Lipinski definition) is 2. The number of nitrogens with zero attached hydrogens (tertiary/aromatic N) is 3. The Kier molecular flexibility index (Phi) is 4.11. The summed E-state index contributed by atoms with van der Waals surface area (Å²) in [5, 5.41) is 6.87. The van der Waals surface area contributed by atoms with Gasteiger partial charge in [-0.1, -0.05) is 30.3 Å². The number of benzene rings is 1. The van der Waals surface area contributed by atoms with Crippen LogP contribution in [0.25, 0.3) is 0 Å². The Balaban J connectivity index is 1.70. The normalized spacial score (nSPS) is 20.0. The van der Waals surface area contributed by atoms with Gasteiger partial charge < -0.3 is 16.0 Å². The zero-order valence-corrected chi connectivity index (χ0v) is 13.8. The first-order valence-corrected chi connectivity index (χ1v) is 7.85. The molecule has 0 spiro atoms. The van der Waals surface area contributed by atoms with E-state index >= 15 is 0 Å². The van der Waals surface area contributed by atoms with E-state index in [0.29, 0.717) is 18.5 Å². The summed E-state index contributed by atoms with van der Waals surface area (Å²) in [6, 6.07) is 8.57. The minimum atomic E-state index is -1.19. The van der Waals surface area contributed by atoms with E-state index in [1.807, 2.05) is 18.2 Å². The van der Waals surface area contributed by atoms with Crippen LogP contribution in [0.2, 0.25) is 0 Å². The van der Waals surface area contributed by atoms with Gasteiger partial charge in [0.25, 0.3) is 0 Å². The topological polar surface area (TPSA) is 93.2 Å². The molecule has 24 heavy (non-hydrogen) atoms. The average molecular weight is 327 g/mol. The van der Waals surface area contributed by atoms with Crippen LogP contribution in [0.3, 0.4) is 0 Å². The number of hydrogen-bond acceptors (Lipinski definition) is 4. The van der Waals surface area contributed by atoms with Crippen molar-refractivity contribution in [3.8, 4) is 0 Å². The number of nitrogens with two attached hydrogens (primary N) is 1. The fourth-order valence-electron chi connectivity index (χ4n) is 2.84. The lowest BCUT2D eigenvalue weighted by Crippen LogP contribution is -2.53. The molecule has 2 atom stereocenters. The first-order valence-electron chi connectivity index (χ1n) is 7.85.